The maximum absolute atomic E-state index is 12.0. The number of guanidine groups is 1. The zero-order chi connectivity index (χ0) is 21.8. The van der Waals surface area contributed by atoms with Gasteiger partial charge in [0, 0.05) is 32.8 Å². The topological polar surface area (TPSA) is 91.8 Å². The molecule has 31 heavy (non-hydrogen) atoms. The SMILES string of the molecule is CN=C(NCCCOC1CCCCC1)NCc1ccc(CS(=O)(=O)NC(C)C)cc1.I. The first-order valence-corrected chi connectivity index (χ1v) is 12.7. The molecule has 0 heterocycles. The standard InChI is InChI=1S/C22H38N4O3S.HI/c1-18(2)26-30(27,28)17-20-12-10-19(11-13-20)16-25-22(23-3)24-14-7-15-29-21-8-5-4-6-9-21;/h10-13,18,21,26H,4-9,14-17H2,1-3H3,(H2,23,24,25);1H. The Morgan fingerprint density at radius 2 is 1.74 bits per heavy atom. The summed E-state index contributed by atoms with van der Waals surface area (Å²) in [6.45, 7) is 5.85. The molecule has 0 spiro atoms. The fraction of sp³-hybridized carbons (Fsp3) is 0.682. The average Bonchev–Trinajstić information content (AvgIpc) is 2.70. The molecular formula is C22H39IN4O3S. The lowest BCUT2D eigenvalue weighted by Gasteiger charge is -2.22. The third-order valence-corrected chi connectivity index (χ3v) is 6.54. The van der Waals surface area contributed by atoms with Gasteiger partial charge >= 0.3 is 0 Å². The van der Waals surface area contributed by atoms with E-state index >= 15 is 0 Å². The molecule has 1 aromatic rings. The van der Waals surface area contributed by atoms with Gasteiger partial charge in [-0.3, -0.25) is 4.99 Å². The second-order valence-electron chi connectivity index (χ2n) is 8.19. The maximum Gasteiger partial charge on any atom is 0.216 e. The van der Waals surface area contributed by atoms with Crippen LogP contribution >= 0.6 is 24.0 Å². The van der Waals surface area contributed by atoms with Crippen molar-refractivity contribution in [3.05, 3.63) is 35.4 Å². The van der Waals surface area contributed by atoms with Crippen LogP contribution < -0.4 is 15.4 Å². The predicted molar refractivity (Wildman–Crippen MR) is 138 cm³/mol. The fourth-order valence-corrected chi connectivity index (χ4v) is 4.97. The van der Waals surface area contributed by atoms with Crippen molar-refractivity contribution in [1.82, 2.24) is 15.4 Å². The lowest BCUT2D eigenvalue weighted by atomic mass is 9.98. The van der Waals surface area contributed by atoms with Crippen LogP contribution in [0, 0.1) is 0 Å². The first-order chi connectivity index (χ1) is 14.4. The van der Waals surface area contributed by atoms with Crippen LogP contribution in [0.2, 0.25) is 0 Å². The lowest BCUT2D eigenvalue weighted by molar-refractivity contribution is 0.0277. The molecule has 0 aliphatic heterocycles. The number of rotatable bonds is 11. The van der Waals surface area contributed by atoms with Crippen molar-refractivity contribution in [2.75, 3.05) is 20.2 Å². The molecule has 0 atom stereocenters. The molecule has 0 aromatic heterocycles. The number of halogens is 1. The summed E-state index contributed by atoms with van der Waals surface area (Å²) in [4.78, 5) is 4.25. The summed E-state index contributed by atoms with van der Waals surface area (Å²) in [5, 5.41) is 6.60. The van der Waals surface area contributed by atoms with E-state index in [9.17, 15) is 8.42 Å². The van der Waals surface area contributed by atoms with E-state index in [0.29, 0.717) is 12.6 Å². The summed E-state index contributed by atoms with van der Waals surface area (Å²) >= 11 is 0. The molecule has 1 saturated carbocycles. The minimum absolute atomic E-state index is 0. The van der Waals surface area contributed by atoms with Crippen LogP contribution in [-0.2, 0) is 27.1 Å². The molecule has 0 amide bonds. The first kappa shape index (κ1) is 28.1. The molecule has 2 rings (SSSR count). The molecule has 9 heteroatoms. The normalized spacial score (nSPS) is 15.5. The summed E-state index contributed by atoms with van der Waals surface area (Å²) in [5.41, 5.74) is 1.84. The van der Waals surface area contributed by atoms with E-state index < -0.39 is 10.0 Å². The number of hydrogen-bond acceptors (Lipinski definition) is 4. The minimum atomic E-state index is -3.30. The number of ether oxygens (including phenoxy) is 1. The quantitative estimate of drug-likeness (QED) is 0.165. The van der Waals surface area contributed by atoms with Crippen LogP contribution in [0.3, 0.4) is 0 Å². The highest BCUT2D eigenvalue weighted by Gasteiger charge is 2.14. The maximum atomic E-state index is 12.0. The molecule has 7 nitrogen and oxygen atoms in total. The zero-order valence-corrected chi connectivity index (χ0v) is 22.2. The summed E-state index contributed by atoms with van der Waals surface area (Å²) < 4.78 is 32.6. The average molecular weight is 567 g/mol. The van der Waals surface area contributed by atoms with E-state index in [-0.39, 0.29) is 35.8 Å². The van der Waals surface area contributed by atoms with E-state index in [0.717, 1.165) is 36.7 Å². The lowest BCUT2D eigenvalue weighted by Crippen LogP contribution is -2.37. The monoisotopic (exact) mass is 566 g/mol. The smallest absolute Gasteiger partial charge is 0.216 e. The van der Waals surface area contributed by atoms with Crippen molar-refractivity contribution >= 4 is 40.0 Å². The van der Waals surface area contributed by atoms with Crippen molar-refractivity contribution in [2.24, 2.45) is 4.99 Å². The van der Waals surface area contributed by atoms with Crippen LogP contribution in [0.1, 0.15) is 63.5 Å². The Kier molecular flexibility index (Phi) is 13.6. The van der Waals surface area contributed by atoms with E-state index in [2.05, 4.69) is 20.3 Å². The number of nitrogens with zero attached hydrogens (tertiary/aromatic N) is 1. The van der Waals surface area contributed by atoms with Crippen molar-refractivity contribution in [1.29, 1.82) is 0 Å². The highest BCUT2D eigenvalue weighted by molar-refractivity contribution is 14.0. The number of benzene rings is 1. The highest BCUT2D eigenvalue weighted by Crippen LogP contribution is 2.20. The molecule has 0 saturated heterocycles. The first-order valence-electron chi connectivity index (χ1n) is 11.0. The van der Waals surface area contributed by atoms with Crippen LogP contribution in [-0.4, -0.2) is 46.7 Å². The number of aliphatic imine (C=N–C) groups is 1. The van der Waals surface area contributed by atoms with Gasteiger partial charge in [-0.25, -0.2) is 13.1 Å². The third kappa shape index (κ3) is 12.1. The Balaban J connectivity index is 0.00000480. The highest BCUT2D eigenvalue weighted by atomic mass is 127. The molecule has 0 unspecified atom stereocenters. The zero-order valence-electron chi connectivity index (χ0n) is 19.0. The predicted octanol–water partition coefficient (Wildman–Crippen LogP) is 3.54. The van der Waals surface area contributed by atoms with Crippen molar-refractivity contribution in [3.8, 4) is 0 Å². The van der Waals surface area contributed by atoms with Gasteiger partial charge in [0.15, 0.2) is 5.96 Å². The number of hydrogen-bond donors (Lipinski definition) is 3. The molecule has 178 valence electrons. The van der Waals surface area contributed by atoms with E-state index in [1.165, 1.54) is 32.1 Å². The minimum Gasteiger partial charge on any atom is -0.378 e. The second-order valence-corrected chi connectivity index (χ2v) is 9.94. The fourth-order valence-electron chi connectivity index (χ4n) is 3.54. The van der Waals surface area contributed by atoms with Crippen LogP contribution in [0.5, 0.6) is 0 Å². The molecule has 1 fully saturated rings. The van der Waals surface area contributed by atoms with Gasteiger partial charge in [0.2, 0.25) is 10.0 Å². The van der Waals surface area contributed by atoms with E-state index in [1.54, 1.807) is 7.05 Å². The Morgan fingerprint density at radius 3 is 2.35 bits per heavy atom. The summed E-state index contributed by atoms with van der Waals surface area (Å²) in [6.07, 6.45) is 7.75. The largest absolute Gasteiger partial charge is 0.378 e. The van der Waals surface area contributed by atoms with Gasteiger partial charge < -0.3 is 15.4 Å². The molecule has 3 N–H and O–H groups in total. The Labute approximate surface area is 205 Å². The Hall–Kier alpha value is -0.910. The molecule has 0 radical (unpaired) electrons. The van der Waals surface area contributed by atoms with Gasteiger partial charge in [-0.05, 0) is 44.2 Å². The molecule has 1 aliphatic rings. The summed E-state index contributed by atoms with van der Waals surface area (Å²) in [6, 6.07) is 7.50. The van der Waals surface area contributed by atoms with Crippen molar-refractivity contribution < 1.29 is 13.2 Å². The van der Waals surface area contributed by atoms with Crippen LogP contribution in [0.4, 0.5) is 0 Å². The van der Waals surface area contributed by atoms with Crippen LogP contribution in [0.25, 0.3) is 0 Å². The molecule has 0 bridgehead atoms. The van der Waals surface area contributed by atoms with E-state index in [1.807, 2.05) is 38.1 Å². The Bertz CT molecular complexity index is 749. The van der Waals surface area contributed by atoms with Gasteiger partial charge in [0.05, 0.1) is 11.9 Å². The number of sulfonamides is 1. The molecule has 1 aromatic carbocycles. The third-order valence-electron chi connectivity index (χ3n) is 5.00. The summed E-state index contributed by atoms with van der Waals surface area (Å²) in [5.74, 6) is 0.742. The van der Waals surface area contributed by atoms with Gasteiger partial charge in [-0.2, -0.15) is 0 Å². The molecular weight excluding hydrogens is 527 g/mol. The van der Waals surface area contributed by atoms with E-state index in [4.69, 9.17) is 4.74 Å². The number of nitrogens with one attached hydrogen (secondary N) is 3. The van der Waals surface area contributed by atoms with Gasteiger partial charge in [0.25, 0.3) is 0 Å². The summed E-state index contributed by atoms with van der Waals surface area (Å²) in [7, 11) is -1.55. The van der Waals surface area contributed by atoms with Gasteiger partial charge in [0.1, 0.15) is 0 Å². The van der Waals surface area contributed by atoms with Gasteiger partial charge in [-0.15, -0.1) is 24.0 Å². The van der Waals surface area contributed by atoms with Gasteiger partial charge in [-0.1, -0.05) is 43.5 Å². The van der Waals surface area contributed by atoms with Crippen LogP contribution in [0.15, 0.2) is 29.3 Å². The Morgan fingerprint density at radius 1 is 1.10 bits per heavy atom. The van der Waals surface area contributed by atoms with Crippen molar-refractivity contribution in [2.45, 2.75) is 76.8 Å². The second kappa shape index (κ2) is 15.0. The van der Waals surface area contributed by atoms with Crippen molar-refractivity contribution in [3.63, 3.8) is 0 Å². The molecule has 1 aliphatic carbocycles.